The molecule has 1 amide bonds. The number of amides is 1. The molecule has 0 radical (unpaired) electrons. The van der Waals surface area contributed by atoms with E-state index < -0.39 is 0 Å². The summed E-state index contributed by atoms with van der Waals surface area (Å²) >= 11 is 9.30. The fourth-order valence-electron chi connectivity index (χ4n) is 2.53. The Kier molecular flexibility index (Phi) is 6.12. The quantitative estimate of drug-likeness (QED) is 0.526. The van der Waals surface area contributed by atoms with E-state index in [0.717, 1.165) is 15.6 Å². The van der Waals surface area contributed by atoms with E-state index in [4.69, 9.17) is 16.0 Å². The summed E-state index contributed by atoms with van der Waals surface area (Å²) in [6.45, 7) is 0.577. The van der Waals surface area contributed by atoms with Crippen molar-refractivity contribution in [2.24, 2.45) is 0 Å². The first-order valence-electron chi connectivity index (χ1n) is 8.20. The first-order chi connectivity index (χ1) is 12.5. The van der Waals surface area contributed by atoms with Crippen molar-refractivity contribution >= 4 is 33.4 Å². The summed E-state index contributed by atoms with van der Waals surface area (Å²) in [5.41, 5.74) is 2.00. The van der Waals surface area contributed by atoms with Crippen LogP contribution in [-0.2, 0) is 17.8 Å². The number of aryl methyl sites for hydroxylation is 1. The average Bonchev–Trinajstić information content (AvgIpc) is 3.11. The molecule has 134 valence electrons. The van der Waals surface area contributed by atoms with Crippen LogP contribution in [0.15, 0.2) is 63.6 Å². The van der Waals surface area contributed by atoms with E-state index in [1.54, 1.807) is 30.3 Å². The Hall–Kier alpha value is -2.11. The highest BCUT2D eigenvalue weighted by molar-refractivity contribution is 9.10. The number of nitrogens with zero attached hydrogens (tertiary/aromatic N) is 2. The van der Waals surface area contributed by atoms with Crippen LogP contribution in [0.5, 0.6) is 0 Å². The molecule has 2 aromatic carbocycles. The highest BCUT2D eigenvalue weighted by Crippen LogP contribution is 2.23. The highest BCUT2D eigenvalue weighted by atomic mass is 79.9. The van der Waals surface area contributed by atoms with Crippen molar-refractivity contribution in [3.63, 3.8) is 0 Å². The summed E-state index contributed by atoms with van der Waals surface area (Å²) in [5, 5.41) is 0.674. The minimum atomic E-state index is 0.0548. The number of carbonyl (C=O) groups excluding carboxylic acids is 1. The van der Waals surface area contributed by atoms with Gasteiger partial charge in [0.15, 0.2) is 11.7 Å². The molecule has 3 rings (SSSR count). The second kappa shape index (κ2) is 8.52. The topological polar surface area (TPSA) is 46.3 Å². The molecule has 0 spiro atoms. The number of aromatic nitrogens is 1. The summed E-state index contributed by atoms with van der Waals surface area (Å²) < 4.78 is 6.76. The van der Waals surface area contributed by atoms with Gasteiger partial charge >= 0.3 is 0 Å². The Morgan fingerprint density at radius 2 is 1.85 bits per heavy atom. The third kappa shape index (κ3) is 4.96. The molecule has 1 aromatic heterocycles. The fourth-order valence-corrected chi connectivity index (χ4v) is 2.92. The van der Waals surface area contributed by atoms with Crippen molar-refractivity contribution in [3.05, 3.63) is 75.7 Å². The lowest BCUT2D eigenvalue weighted by Gasteiger charge is -2.17. The van der Waals surface area contributed by atoms with Crippen LogP contribution >= 0.6 is 27.5 Å². The number of benzene rings is 2. The molecule has 3 aromatic rings. The van der Waals surface area contributed by atoms with E-state index in [0.29, 0.717) is 36.1 Å². The maximum absolute atomic E-state index is 12.3. The molecule has 0 aliphatic heterocycles. The van der Waals surface area contributed by atoms with Crippen LogP contribution in [-0.4, -0.2) is 22.8 Å². The lowest BCUT2D eigenvalue weighted by molar-refractivity contribution is -0.130. The van der Waals surface area contributed by atoms with E-state index in [1.165, 1.54) is 0 Å². The van der Waals surface area contributed by atoms with Crippen molar-refractivity contribution < 1.29 is 9.21 Å². The molecular weight excluding hydrogens is 416 g/mol. The Bertz CT molecular complexity index is 876. The van der Waals surface area contributed by atoms with Crippen LogP contribution in [0.25, 0.3) is 11.3 Å². The van der Waals surface area contributed by atoms with Gasteiger partial charge in [-0.1, -0.05) is 39.7 Å². The molecule has 0 atom stereocenters. The van der Waals surface area contributed by atoms with Crippen LogP contribution in [0.3, 0.4) is 0 Å². The number of oxazole rings is 1. The van der Waals surface area contributed by atoms with E-state index in [1.807, 2.05) is 36.4 Å². The minimum Gasteiger partial charge on any atom is -0.441 e. The first-order valence-corrected chi connectivity index (χ1v) is 9.37. The number of rotatable bonds is 6. The smallest absolute Gasteiger partial charge is 0.223 e. The standard InChI is InChI=1S/C20H18BrClN2O2/c1-24(13-14-2-6-16(21)7-3-14)20(25)11-10-19-23-12-18(26-19)15-4-8-17(22)9-5-15/h2-9,12H,10-11,13H2,1H3. The van der Waals surface area contributed by atoms with Gasteiger partial charge in [-0.05, 0) is 42.0 Å². The van der Waals surface area contributed by atoms with Gasteiger partial charge in [-0.3, -0.25) is 4.79 Å². The van der Waals surface area contributed by atoms with Gasteiger partial charge in [0, 0.05) is 41.5 Å². The van der Waals surface area contributed by atoms with Gasteiger partial charge in [0.1, 0.15) is 0 Å². The van der Waals surface area contributed by atoms with Gasteiger partial charge in [-0.25, -0.2) is 4.98 Å². The van der Waals surface area contributed by atoms with Gasteiger partial charge in [-0.2, -0.15) is 0 Å². The SMILES string of the molecule is CN(Cc1ccc(Br)cc1)C(=O)CCc1ncc(-c2ccc(Cl)cc2)o1. The summed E-state index contributed by atoms with van der Waals surface area (Å²) in [5.74, 6) is 1.28. The van der Waals surface area contributed by atoms with E-state index in [-0.39, 0.29) is 5.91 Å². The molecule has 0 aliphatic rings. The largest absolute Gasteiger partial charge is 0.441 e. The van der Waals surface area contributed by atoms with Crippen LogP contribution in [0.1, 0.15) is 17.9 Å². The molecule has 1 heterocycles. The lowest BCUT2D eigenvalue weighted by atomic mass is 10.2. The Morgan fingerprint density at radius 3 is 2.54 bits per heavy atom. The zero-order valence-electron chi connectivity index (χ0n) is 14.3. The Balaban J connectivity index is 1.54. The van der Waals surface area contributed by atoms with E-state index in [2.05, 4.69) is 20.9 Å². The maximum Gasteiger partial charge on any atom is 0.223 e. The van der Waals surface area contributed by atoms with Crippen molar-refractivity contribution in [3.8, 4) is 11.3 Å². The number of carbonyl (C=O) groups is 1. The van der Waals surface area contributed by atoms with Crippen molar-refractivity contribution in [2.45, 2.75) is 19.4 Å². The van der Waals surface area contributed by atoms with Crippen LogP contribution in [0.2, 0.25) is 5.02 Å². The number of hydrogen-bond donors (Lipinski definition) is 0. The summed E-state index contributed by atoms with van der Waals surface area (Å²) in [6, 6.07) is 15.3. The van der Waals surface area contributed by atoms with Crippen molar-refractivity contribution in [1.29, 1.82) is 0 Å². The molecule has 0 saturated heterocycles. The first kappa shape index (κ1) is 18.7. The molecule has 0 fully saturated rings. The van der Waals surface area contributed by atoms with Gasteiger partial charge in [0.25, 0.3) is 0 Å². The molecule has 6 heteroatoms. The third-order valence-corrected chi connectivity index (χ3v) is 4.77. The summed E-state index contributed by atoms with van der Waals surface area (Å²) in [7, 11) is 1.80. The lowest BCUT2D eigenvalue weighted by Crippen LogP contribution is -2.26. The molecule has 0 saturated carbocycles. The third-order valence-electron chi connectivity index (χ3n) is 3.99. The predicted molar refractivity (Wildman–Crippen MR) is 106 cm³/mol. The Labute approximate surface area is 165 Å². The van der Waals surface area contributed by atoms with E-state index >= 15 is 0 Å². The zero-order valence-corrected chi connectivity index (χ0v) is 16.6. The summed E-state index contributed by atoms with van der Waals surface area (Å²) in [6.07, 6.45) is 2.50. The van der Waals surface area contributed by atoms with Gasteiger partial charge in [0.05, 0.1) is 6.20 Å². The Morgan fingerprint density at radius 1 is 1.15 bits per heavy atom. The number of hydrogen-bond acceptors (Lipinski definition) is 3. The molecular formula is C20H18BrClN2O2. The van der Waals surface area contributed by atoms with Crippen LogP contribution in [0.4, 0.5) is 0 Å². The number of halogens is 2. The van der Waals surface area contributed by atoms with Crippen molar-refractivity contribution in [2.75, 3.05) is 7.05 Å². The molecule has 0 aliphatic carbocycles. The van der Waals surface area contributed by atoms with Gasteiger partial charge in [-0.15, -0.1) is 0 Å². The minimum absolute atomic E-state index is 0.0548. The van der Waals surface area contributed by atoms with Crippen LogP contribution < -0.4 is 0 Å². The van der Waals surface area contributed by atoms with Crippen LogP contribution in [0, 0.1) is 0 Å². The molecule has 0 bridgehead atoms. The second-order valence-electron chi connectivity index (χ2n) is 6.00. The second-order valence-corrected chi connectivity index (χ2v) is 7.35. The van der Waals surface area contributed by atoms with Gasteiger partial charge in [0.2, 0.25) is 5.91 Å². The monoisotopic (exact) mass is 432 g/mol. The molecule has 26 heavy (non-hydrogen) atoms. The summed E-state index contributed by atoms with van der Waals surface area (Å²) in [4.78, 5) is 18.3. The molecule has 4 nitrogen and oxygen atoms in total. The average molecular weight is 434 g/mol. The normalized spacial score (nSPS) is 10.7. The van der Waals surface area contributed by atoms with Gasteiger partial charge < -0.3 is 9.32 Å². The molecule has 0 unspecified atom stereocenters. The predicted octanol–water partition coefficient (Wildman–Crippen LogP) is 5.35. The fraction of sp³-hybridized carbons (Fsp3) is 0.200. The molecule has 0 N–H and O–H groups in total. The zero-order chi connectivity index (χ0) is 18.5. The van der Waals surface area contributed by atoms with Crippen molar-refractivity contribution in [1.82, 2.24) is 9.88 Å². The van der Waals surface area contributed by atoms with E-state index in [9.17, 15) is 4.79 Å². The maximum atomic E-state index is 12.3. The highest BCUT2D eigenvalue weighted by Gasteiger charge is 2.12.